The number of nitrogens with zero attached hydrogens (tertiary/aromatic N) is 1. The molecule has 0 spiro atoms. The maximum absolute atomic E-state index is 12.7. The van der Waals surface area contributed by atoms with E-state index >= 15 is 0 Å². The van der Waals surface area contributed by atoms with Gasteiger partial charge in [0, 0.05) is 25.0 Å². The number of carbonyl (C=O) groups excluding carboxylic acids is 2. The van der Waals surface area contributed by atoms with Crippen LogP contribution in [0.4, 0.5) is 0 Å². The lowest BCUT2D eigenvalue weighted by Gasteiger charge is -2.35. The summed E-state index contributed by atoms with van der Waals surface area (Å²) >= 11 is 0. The van der Waals surface area contributed by atoms with Gasteiger partial charge in [0.2, 0.25) is 11.8 Å². The molecule has 0 aromatic heterocycles. The van der Waals surface area contributed by atoms with Crippen LogP contribution in [0, 0.1) is 26.7 Å². The highest BCUT2D eigenvalue weighted by molar-refractivity contribution is 5.79. The van der Waals surface area contributed by atoms with Crippen molar-refractivity contribution in [2.75, 3.05) is 19.7 Å². The molecule has 5 nitrogen and oxygen atoms in total. The fourth-order valence-electron chi connectivity index (χ4n) is 4.56. The molecule has 160 valence electrons. The number of rotatable bonds is 6. The summed E-state index contributed by atoms with van der Waals surface area (Å²) < 4.78 is 5.86. The Balaban J connectivity index is 1.37. The number of likely N-dealkylation sites (tertiary alicyclic amines) is 1. The predicted octanol–water partition coefficient (Wildman–Crippen LogP) is 4.07. The van der Waals surface area contributed by atoms with E-state index in [1.807, 2.05) is 17.9 Å². The molecule has 0 radical (unpaired) electrons. The maximum atomic E-state index is 12.7. The average molecular weight is 401 g/mol. The van der Waals surface area contributed by atoms with Crippen molar-refractivity contribution in [2.24, 2.45) is 5.92 Å². The molecule has 1 aliphatic heterocycles. The molecule has 2 amide bonds. The summed E-state index contributed by atoms with van der Waals surface area (Å²) in [5.74, 6) is 1.47. The second kappa shape index (κ2) is 10.1. The summed E-state index contributed by atoms with van der Waals surface area (Å²) in [5.41, 5.74) is 3.51. The first-order chi connectivity index (χ1) is 13.9. The first kappa shape index (κ1) is 21.7. The Labute approximate surface area is 175 Å². The van der Waals surface area contributed by atoms with Gasteiger partial charge in [0.05, 0.1) is 13.0 Å². The molecule has 1 aromatic carbocycles. The van der Waals surface area contributed by atoms with Gasteiger partial charge in [-0.3, -0.25) is 9.59 Å². The van der Waals surface area contributed by atoms with Gasteiger partial charge in [-0.05, 0) is 69.2 Å². The minimum absolute atomic E-state index is 0.0316. The molecule has 0 atom stereocenters. The Hall–Kier alpha value is -2.04. The molecule has 1 heterocycles. The molecular weight excluding hydrogens is 364 g/mol. The van der Waals surface area contributed by atoms with Crippen LogP contribution < -0.4 is 10.1 Å². The summed E-state index contributed by atoms with van der Waals surface area (Å²) in [6.45, 7) is 8.09. The zero-order valence-corrected chi connectivity index (χ0v) is 18.3. The normalized spacial score (nSPS) is 18.5. The van der Waals surface area contributed by atoms with Gasteiger partial charge < -0.3 is 15.0 Å². The van der Waals surface area contributed by atoms with Gasteiger partial charge in [0.25, 0.3) is 0 Å². The third kappa shape index (κ3) is 5.97. The van der Waals surface area contributed by atoms with Crippen molar-refractivity contribution in [2.45, 2.75) is 78.2 Å². The summed E-state index contributed by atoms with van der Waals surface area (Å²) in [5, 5.41) is 3.12. The van der Waals surface area contributed by atoms with Crippen LogP contribution in [0.3, 0.4) is 0 Å². The number of ether oxygens (including phenoxy) is 1. The highest BCUT2D eigenvalue weighted by Crippen LogP contribution is 2.27. The van der Waals surface area contributed by atoms with E-state index < -0.39 is 0 Å². The highest BCUT2D eigenvalue weighted by Gasteiger charge is 2.29. The molecule has 1 saturated carbocycles. The lowest BCUT2D eigenvalue weighted by molar-refractivity contribution is -0.137. The van der Waals surface area contributed by atoms with Crippen molar-refractivity contribution in [1.29, 1.82) is 0 Å². The highest BCUT2D eigenvalue weighted by atomic mass is 16.5. The number of hydrogen-bond acceptors (Lipinski definition) is 3. The molecule has 1 aromatic rings. The molecule has 0 bridgehead atoms. The molecule has 5 heteroatoms. The number of benzene rings is 1. The first-order valence-corrected chi connectivity index (χ1v) is 11.2. The Kier molecular flexibility index (Phi) is 7.57. The lowest BCUT2D eigenvalue weighted by atomic mass is 9.87. The number of carbonyl (C=O) groups is 2. The van der Waals surface area contributed by atoms with Gasteiger partial charge in [0.1, 0.15) is 5.75 Å². The Morgan fingerprint density at radius 2 is 1.72 bits per heavy atom. The van der Waals surface area contributed by atoms with E-state index in [4.69, 9.17) is 4.74 Å². The van der Waals surface area contributed by atoms with Crippen LogP contribution >= 0.6 is 0 Å². The second-order valence-corrected chi connectivity index (χ2v) is 8.81. The van der Waals surface area contributed by atoms with Gasteiger partial charge in [0.15, 0.2) is 0 Å². The molecule has 1 N–H and O–H groups in total. The smallest absolute Gasteiger partial charge is 0.225 e. The molecule has 1 saturated heterocycles. The van der Waals surface area contributed by atoms with Crippen LogP contribution in [-0.2, 0) is 9.59 Å². The van der Waals surface area contributed by atoms with E-state index in [1.165, 1.54) is 30.4 Å². The third-order valence-electron chi connectivity index (χ3n) is 6.48. The van der Waals surface area contributed by atoms with E-state index in [9.17, 15) is 9.59 Å². The topological polar surface area (TPSA) is 58.6 Å². The van der Waals surface area contributed by atoms with Crippen LogP contribution in [0.25, 0.3) is 0 Å². The molecule has 3 rings (SSSR count). The molecule has 1 aliphatic carbocycles. The van der Waals surface area contributed by atoms with E-state index in [1.54, 1.807) is 0 Å². The minimum Gasteiger partial charge on any atom is -0.493 e. The maximum Gasteiger partial charge on any atom is 0.225 e. The fraction of sp³-hybridized carbons (Fsp3) is 0.667. The summed E-state index contributed by atoms with van der Waals surface area (Å²) in [4.78, 5) is 27.0. The second-order valence-electron chi connectivity index (χ2n) is 8.81. The van der Waals surface area contributed by atoms with E-state index in [0.717, 1.165) is 50.1 Å². The Morgan fingerprint density at radius 3 is 2.41 bits per heavy atom. The predicted molar refractivity (Wildman–Crippen MR) is 115 cm³/mol. The van der Waals surface area contributed by atoms with Crippen molar-refractivity contribution >= 4 is 11.8 Å². The van der Waals surface area contributed by atoms with Crippen LogP contribution in [0.15, 0.2) is 12.1 Å². The molecule has 2 fully saturated rings. The van der Waals surface area contributed by atoms with Crippen LogP contribution in [0.5, 0.6) is 5.75 Å². The monoisotopic (exact) mass is 400 g/mol. The van der Waals surface area contributed by atoms with Crippen molar-refractivity contribution in [3.63, 3.8) is 0 Å². The van der Waals surface area contributed by atoms with E-state index in [2.05, 4.69) is 25.2 Å². The quantitative estimate of drug-likeness (QED) is 0.783. The fourth-order valence-corrected chi connectivity index (χ4v) is 4.56. The Morgan fingerprint density at radius 1 is 1.03 bits per heavy atom. The van der Waals surface area contributed by atoms with Crippen molar-refractivity contribution in [3.05, 3.63) is 28.8 Å². The van der Waals surface area contributed by atoms with Crippen molar-refractivity contribution in [1.82, 2.24) is 10.2 Å². The van der Waals surface area contributed by atoms with Crippen LogP contribution in [-0.4, -0.2) is 42.5 Å². The van der Waals surface area contributed by atoms with Crippen LogP contribution in [0.2, 0.25) is 0 Å². The first-order valence-electron chi connectivity index (χ1n) is 11.2. The van der Waals surface area contributed by atoms with E-state index in [-0.39, 0.29) is 17.9 Å². The largest absolute Gasteiger partial charge is 0.493 e. The molecular formula is C24H36N2O3. The standard InChI is InChI=1S/C24H36N2O3/c1-17-15-18(2)19(3)22(16-17)29-14-11-23(27)25-21-9-12-26(13-10-21)24(28)20-7-5-4-6-8-20/h15-16,20-21H,4-14H2,1-3H3,(H,25,27). The van der Waals surface area contributed by atoms with Gasteiger partial charge in [-0.2, -0.15) is 0 Å². The number of nitrogens with one attached hydrogen (secondary N) is 1. The summed E-state index contributed by atoms with van der Waals surface area (Å²) in [6, 6.07) is 4.33. The number of amides is 2. The van der Waals surface area contributed by atoms with Gasteiger partial charge in [-0.15, -0.1) is 0 Å². The minimum atomic E-state index is 0.0316. The van der Waals surface area contributed by atoms with Crippen LogP contribution in [0.1, 0.15) is 68.1 Å². The van der Waals surface area contributed by atoms with Gasteiger partial charge >= 0.3 is 0 Å². The Bertz CT molecular complexity index is 717. The van der Waals surface area contributed by atoms with E-state index in [0.29, 0.717) is 18.9 Å². The summed E-state index contributed by atoms with van der Waals surface area (Å²) in [7, 11) is 0. The van der Waals surface area contributed by atoms with Gasteiger partial charge in [-0.1, -0.05) is 25.3 Å². The van der Waals surface area contributed by atoms with Crippen molar-refractivity contribution in [3.8, 4) is 5.75 Å². The number of hydrogen-bond donors (Lipinski definition) is 1. The molecule has 2 aliphatic rings. The number of aryl methyl sites for hydroxylation is 2. The average Bonchev–Trinajstić information content (AvgIpc) is 2.72. The lowest BCUT2D eigenvalue weighted by Crippen LogP contribution is -2.48. The SMILES string of the molecule is Cc1cc(C)c(C)c(OCCC(=O)NC2CCN(C(=O)C3CCCCC3)CC2)c1. The zero-order chi connectivity index (χ0) is 20.8. The summed E-state index contributed by atoms with van der Waals surface area (Å²) in [6.07, 6.45) is 7.80. The number of piperidine rings is 1. The third-order valence-corrected chi connectivity index (χ3v) is 6.48. The molecule has 29 heavy (non-hydrogen) atoms. The molecule has 0 unspecified atom stereocenters. The zero-order valence-electron chi connectivity index (χ0n) is 18.3. The van der Waals surface area contributed by atoms with Crippen molar-refractivity contribution < 1.29 is 14.3 Å². The van der Waals surface area contributed by atoms with Gasteiger partial charge in [-0.25, -0.2) is 0 Å².